The van der Waals surface area contributed by atoms with Crippen molar-refractivity contribution in [1.29, 1.82) is 0 Å². The predicted octanol–water partition coefficient (Wildman–Crippen LogP) is 4.11. The first-order chi connectivity index (χ1) is 10.4. The maximum Gasteiger partial charge on any atom is 0.215 e. The fourth-order valence-corrected chi connectivity index (χ4v) is 3.97. The zero-order valence-electron chi connectivity index (χ0n) is 12.8. The minimum Gasteiger partial charge on any atom is -0.456 e. The van der Waals surface area contributed by atoms with E-state index in [9.17, 15) is 4.39 Å². The van der Waals surface area contributed by atoms with Crippen LogP contribution in [0.5, 0.6) is 11.5 Å². The van der Waals surface area contributed by atoms with Crippen LogP contribution in [0.2, 0.25) is 19.6 Å². The normalized spacial score (nSPS) is 11.6. The molecule has 0 aliphatic carbocycles. The average Bonchev–Trinajstić information content (AvgIpc) is 2.46. The van der Waals surface area contributed by atoms with Crippen molar-refractivity contribution < 1.29 is 9.13 Å². The van der Waals surface area contributed by atoms with Gasteiger partial charge in [-0.2, -0.15) is 4.39 Å². The van der Waals surface area contributed by atoms with Gasteiger partial charge >= 0.3 is 0 Å². The fourth-order valence-electron chi connectivity index (χ4n) is 2.42. The summed E-state index contributed by atoms with van der Waals surface area (Å²) in [5, 5.41) is 1.59. The van der Waals surface area contributed by atoms with Crippen LogP contribution in [0.4, 0.5) is 4.39 Å². The summed E-state index contributed by atoms with van der Waals surface area (Å²) in [6.07, 6.45) is 3.09. The van der Waals surface area contributed by atoms with Crippen LogP contribution in [-0.4, -0.2) is 18.0 Å². The highest BCUT2D eigenvalue weighted by molar-refractivity contribution is 6.89. The highest BCUT2D eigenvalue weighted by Gasteiger charge is 2.26. The molecule has 5 heteroatoms. The van der Waals surface area contributed by atoms with E-state index in [-0.39, 0.29) is 0 Å². The third kappa shape index (κ3) is 2.85. The van der Waals surface area contributed by atoms with Crippen molar-refractivity contribution in [1.82, 2.24) is 9.97 Å². The lowest BCUT2D eigenvalue weighted by molar-refractivity contribution is 0.477. The number of ether oxygens (including phenoxy) is 1. The van der Waals surface area contributed by atoms with E-state index in [1.807, 2.05) is 30.3 Å². The molecule has 0 bridgehead atoms. The van der Waals surface area contributed by atoms with Crippen LogP contribution in [0.15, 0.2) is 48.8 Å². The third-order valence-electron chi connectivity index (χ3n) is 3.41. The molecule has 0 aliphatic rings. The van der Waals surface area contributed by atoms with Crippen molar-refractivity contribution in [3.63, 3.8) is 0 Å². The first-order valence-electron chi connectivity index (χ1n) is 7.13. The maximum absolute atomic E-state index is 14.1. The molecule has 0 saturated heterocycles. The summed E-state index contributed by atoms with van der Waals surface area (Å²) in [7, 11) is -1.91. The van der Waals surface area contributed by atoms with Gasteiger partial charge in [0.1, 0.15) is 11.5 Å². The molecule has 3 aromatic rings. The van der Waals surface area contributed by atoms with Gasteiger partial charge < -0.3 is 4.74 Å². The number of benzene rings is 1. The Morgan fingerprint density at radius 3 is 2.59 bits per heavy atom. The van der Waals surface area contributed by atoms with Gasteiger partial charge in [0, 0.05) is 16.8 Å². The molecular weight excluding hydrogens is 295 g/mol. The molecule has 0 saturated carbocycles. The summed E-state index contributed by atoms with van der Waals surface area (Å²) in [6.45, 7) is 6.20. The molecule has 112 valence electrons. The summed E-state index contributed by atoms with van der Waals surface area (Å²) in [6, 6.07) is 11.4. The Hall–Kier alpha value is -2.27. The van der Waals surface area contributed by atoms with E-state index < -0.39 is 14.0 Å². The third-order valence-corrected chi connectivity index (χ3v) is 5.36. The summed E-state index contributed by atoms with van der Waals surface area (Å²) >= 11 is 0. The molecule has 0 unspecified atom stereocenters. The van der Waals surface area contributed by atoms with Crippen LogP contribution < -0.4 is 9.92 Å². The SMILES string of the molecule is C[Si](C)(C)c1c(Oc2cnc3ccccc3c2)ccnc1F. The first-order valence-corrected chi connectivity index (χ1v) is 10.6. The summed E-state index contributed by atoms with van der Waals surface area (Å²) < 4.78 is 20.0. The summed E-state index contributed by atoms with van der Waals surface area (Å²) in [5.41, 5.74) is 0.904. The zero-order chi connectivity index (χ0) is 15.7. The van der Waals surface area contributed by atoms with E-state index in [0.717, 1.165) is 10.9 Å². The number of halogens is 1. The Morgan fingerprint density at radius 1 is 1.05 bits per heavy atom. The zero-order valence-corrected chi connectivity index (χ0v) is 13.8. The number of para-hydroxylation sites is 1. The maximum atomic E-state index is 14.1. The van der Waals surface area contributed by atoms with E-state index in [0.29, 0.717) is 16.7 Å². The van der Waals surface area contributed by atoms with E-state index in [1.54, 1.807) is 12.3 Å². The van der Waals surface area contributed by atoms with Crippen molar-refractivity contribution in [3.05, 3.63) is 54.7 Å². The number of hydrogen-bond acceptors (Lipinski definition) is 3. The van der Waals surface area contributed by atoms with Gasteiger partial charge in [-0.3, -0.25) is 4.98 Å². The van der Waals surface area contributed by atoms with Crippen molar-refractivity contribution >= 4 is 24.2 Å². The van der Waals surface area contributed by atoms with Gasteiger partial charge in [0.2, 0.25) is 5.95 Å². The molecular formula is C17H17FN2OSi. The van der Waals surface area contributed by atoms with E-state index in [1.165, 1.54) is 6.20 Å². The fraction of sp³-hybridized carbons (Fsp3) is 0.176. The quantitative estimate of drug-likeness (QED) is 0.539. The molecule has 1 aromatic carbocycles. The number of hydrogen-bond donors (Lipinski definition) is 0. The van der Waals surface area contributed by atoms with Gasteiger partial charge in [-0.25, -0.2) is 4.98 Å². The Kier molecular flexibility index (Phi) is 3.66. The second-order valence-corrected chi connectivity index (χ2v) is 11.2. The van der Waals surface area contributed by atoms with E-state index >= 15 is 0 Å². The molecule has 0 fully saturated rings. The Labute approximate surface area is 129 Å². The first kappa shape index (κ1) is 14.7. The Bertz CT molecular complexity index is 830. The average molecular weight is 312 g/mol. The van der Waals surface area contributed by atoms with Crippen LogP contribution in [0.25, 0.3) is 10.9 Å². The second-order valence-electron chi connectivity index (χ2n) is 6.19. The topological polar surface area (TPSA) is 35.0 Å². The highest BCUT2D eigenvalue weighted by atomic mass is 28.3. The summed E-state index contributed by atoms with van der Waals surface area (Å²) in [4.78, 5) is 8.14. The van der Waals surface area contributed by atoms with Crippen molar-refractivity contribution in [2.45, 2.75) is 19.6 Å². The molecule has 0 atom stereocenters. The van der Waals surface area contributed by atoms with Gasteiger partial charge in [0.05, 0.1) is 19.8 Å². The molecule has 2 aromatic heterocycles. The summed E-state index contributed by atoms with van der Waals surface area (Å²) in [5.74, 6) is 0.693. The van der Waals surface area contributed by atoms with Gasteiger partial charge in [-0.1, -0.05) is 37.8 Å². The Balaban J connectivity index is 2.03. The molecule has 3 nitrogen and oxygen atoms in total. The second kappa shape index (κ2) is 5.49. The lowest BCUT2D eigenvalue weighted by atomic mass is 10.2. The molecule has 22 heavy (non-hydrogen) atoms. The van der Waals surface area contributed by atoms with Gasteiger partial charge in [0.25, 0.3) is 0 Å². The molecule has 0 amide bonds. The minimum absolute atomic E-state index is 0.439. The van der Waals surface area contributed by atoms with Crippen molar-refractivity contribution in [2.75, 3.05) is 0 Å². The molecule has 0 radical (unpaired) electrons. The lowest BCUT2D eigenvalue weighted by Crippen LogP contribution is -2.41. The molecule has 2 heterocycles. The van der Waals surface area contributed by atoms with Crippen molar-refractivity contribution in [3.8, 4) is 11.5 Å². The van der Waals surface area contributed by atoms with E-state index in [2.05, 4.69) is 29.6 Å². The molecule has 0 spiro atoms. The smallest absolute Gasteiger partial charge is 0.215 e. The molecule has 3 rings (SSSR count). The minimum atomic E-state index is -1.91. The van der Waals surface area contributed by atoms with Gasteiger partial charge in [-0.15, -0.1) is 0 Å². The number of fused-ring (bicyclic) bond motifs is 1. The van der Waals surface area contributed by atoms with E-state index in [4.69, 9.17) is 4.74 Å². The number of rotatable bonds is 3. The number of aromatic nitrogens is 2. The monoisotopic (exact) mass is 312 g/mol. The number of pyridine rings is 2. The highest BCUT2D eigenvalue weighted by Crippen LogP contribution is 2.25. The largest absolute Gasteiger partial charge is 0.456 e. The molecule has 0 aliphatic heterocycles. The Morgan fingerprint density at radius 2 is 1.82 bits per heavy atom. The number of nitrogens with zero attached hydrogens (tertiary/aromatic N) is 2. The predicted molar refractivity (Wildman–Crippen MR) is 89.0 cm³/mol. The van der Waals surface area contributed by atoms with Crippen LogP contribution in [-0.2, 0) is 0 Å². The van der Waals surface area contributed by atoms with Crippen molar-refractivity contribution in [2.24, 2.45) is 0 Å². The van der Waals surface area contributed by atoms with Gasteiger partial charge in [0.15, 0.2) is 0 Å². The van der Waals surface area contributed by atoms with Crippen LogP contribution in [0.1, 0.15) is 0 Å². The lowest BCUT2D eigenvalue weighted by Gasteiger charge is -2.20. The van der Waals surface area contributed by atoms with Gasteiger partial charge in [-0.05, 0) is 18.2 Å². The standard InChI is InChI=1S/C17H17FN2OSi/c1-22(2,3)16-15(8-9-19-17(16)18)21-13-10-12-6-4-5-7-14(12)20-11-13/h4-11H,1-3H3. The van der Waals surface area contributed by atoms with Crippen LogP contribution in [0, 0.1) is 5.95 Å². The van der Waals surface area contributed by atoms with Crippen LogP contribution >= 0.6 is 0 Å². The molecule has 0 N–H and O–H groups in total. The van der Waals surface area contributed by atoms with Crippen LogP contribution in [0.3, 0.4) is 0 Å².